The van der Waals surface area contributed by atoms with Gasteiger partial charge in [0.05, 0.1) is 6.10 Å². The lowest BCUT2D eigenvalue weighted by molar-refractivity contribution is 0.0908. The lowest BCUT2D eigenvalue weighted by Crippen LogP contribution is -2.19. The second-order valence-electron chi connectivity index (χ2n) is 6.41. The van der Waals surface area contributed by atoms with Crippen molar-refractivity contribution in [2.24, 2.45) is 5.92 Å². The number of halogens is 1. The summed E-state index contributed by atoms with van der Waals surface area (Å²) < 4.78 is 5.80. The summed E-state index contributed by atoms with van der Waals surface area (Å²) in [6, 6.07) is 7.27. The van der Waals surface area contributed by atoms with Crippen molar-refractivity contribution in [1.82, 2.24) is 15.0 Å². The molecule has 1 aliphatic carbocycles. The molecule has 5 N–H and O–H groups in total. The van der Waals surface area contributed by atoms with Crippen LogP contribution in [-0.2, 0) is 0 Å². The largest absolute Gasteiger partial charge is 0.436 e. The van der Waals surface area contributed by atoms with Crippen molar-refractivity contribution in [3.63, 3.8) is 0 Å². The molecule has 0 spiro atoms. The van der Waals surface area contributed by atoms with Crippen molar-refractivity contribution in [3.05, 3.63) is 29.4 Å². The zero-order valence-corrected chi connectivity index (χ0v) is 14.5. The number of anilines is 2. The molecule has 0 amide bonds. The van der Waals surface area contributed by atoms with E-state index >= 15 is 0 Å². The van der Waals surface area contributed by atoms with E-state index in [9.17, 15) is 10.2 Å². The zero-order chi connectivity index (χ0) is 18.3. The molecular weight excluding hydrogens is 358 g/mol. The number of fused-ring (bicyclic) bond motifs is 1. The number of aromatic nitrogens is 3. The number of nitrogens with zero attached hydrogens (tertiary/aromatic N) is 3. The van der Waals surface area contributed by atoms with Crippen molar-refractivity contribution in [3.8, 4) is 11.5 Å². The van der Waals surface area contributed by atoms with Gasteiger partial charge in [-0.3, -0.25) is 0 Å². The highest BCUT2D eigenvalue weighted by Gasteiger charge is 2.33. The van der Waals surface area contributed by atoms with Crippen LogP contribution in [0.15, 0.2) is 28.7 Å². The van der Waals surface area contributed by atoms with E-state index < -0.39 is 6.10 Å². The first-order valence-corrected chi connectivity index (χ1v) is 8.67. The summed E-state index contributed by atoms with van der Waals surface area (Å²) in [5.74, 6) is 0.533. The minimum Gasteiger partial charge on any atom is -0.436 e. The molecule has 0 unspecified atom stereocenters. The SMILES string of the molecule is Nc1nc(Cl)c(-c2nc3ccccc3o2)c(N[C@@H]2C[C@H](CO)[C@@H](O)C2)n1. The highest BCUT2D eigenvalue weighted by atomic mass is 35.5. The first kappa shape index (κ1) is 17.0. The third-order valence-corrected chi connectivity index (χ3v) is 4.90. The van der Waals surface area contributed by atoms with Crippen molar-refractivity contribution >= 4 is 34.5 Å². The monoisotopic (exact) mass is 375 g/mol. The number of aliphatic hydroxyl groups excluding tert-OH is 2. The van der Waals surface area contributed by atoms with Crippen LogP contribution >= 0.6 is 11.6 Å². The van der Waals surface area contributed by atoms with Crippen LogP contribution in [0.3, 0.4) is 0 Å². The fourth-order valence-corrected chi connectivity index (χ4v) is 3.59. The Morgan fingerprint density at radius 3 is 2.77 bits per heavy atom. The molecular formula is C17H18ClN5O3. The Labute approximate surface area is 154 Å². The summed E-state index contributed by atoms with van der Waals surface area (Å²) in [7, 11) is 0. The number of rotatable bonds is 4. The number of benzene rings is 1. The number of hydrogen-bond donors (Lipinski definition) is 4. The highest BCUT2D eigenvalue weighted by Crippen LogP contribution is 2.36. The second kappa shape index (κ2) is 6.71. The summed E-state index contributed by atoms with van der Waals surface area (Å²) in [5, 5.41) is 22.7. The Bertz CT molecular complexity index is 914. The molecule has 136 valence electrons. The van der Waals surface area contributed by atoms with Gasteiger partial charge in [-0.15, -0.1) is 0 Å². The Balaban J connectivity index is 1.73. The number of para-hydroxylation sites is 2. The third kappa shape index (κ3) is 3.07. The normalized spacial score (nSPS) is 22.8. The molecule has 2 aromatic heterocycles. The maximum absolute atomic E-state index is 10.0. The lowest BCUT2D eigenvalue weighted by atomic mass is 10.1. The van der Waals surface area contributed by atoms with Crippen LogP contribution < -0.4 is 11.1 Å². The molecule has 1 fully saturated rings. The van der Waals surface area contributed by atoms with Crippen LogP contribution in [0.1, 0.15) is 12.8 Å². The van der Waals surface area contributed by atoms with Gasteiger partial charge in [-0.25, -0.2) is 9.97 Å². The number of aliphatic hydroxyl groups is 2. The van der Waals surface area contributed by atoms with Crippen LogP contribution in [0.2, 0.25) is 5.15 Å². The van der Waals surface area contributed by atoms with Crippen molar-refractivity contribution in [1.29, 1.82) is 0 Å². The van der Waals surface area contributed by atoms with Crippen LogP contribution in [0.25, 0.3) is 22.6 Å². The standard InChI is InChI=1S/C17H18ClN5O3/c18-14-13(16-21-10-3-1-2-4-12(10)26-16)15(23-17(19)22-14)20-9-5-8(7-24)11(25)6-9/h1-4,8-9,11,24-25H,5-7H2,(H3,19,20,22,23)/t8-,9-,11+/m1/s1. The Hall–Kier alpha value is -2.42. The van der Waals surface area contributed by atoms with Gasteiger partial charge in [0.25, 0.3) is 0 Å². The van der Waals surface area contributed by atoms with Gasteiger partial charge in [0.2, 0.25) is 11.8 Å². The molecule has 9 heteroatoms. The first-order valence-electron chi connectivity index (χ1n) is 8.29. The molecule has 26 heavy (non-hydrogen) atoms. The average molecular weight is 376 g/mol. The van der Waals surface area contributed by atoms with E-state index in [0.29, 0.717) is 35.3 Å². The van der Waals surface area contributed by atoms with Gasteiger partial charge in [-0.1, -0.05) is 23.7 Å². The predicted octanol–water partition coefficient (Wildman–Crippen LogP) is 2.06. The van der Waals surface area contributed by atoms with Gasteiger partial charge in [-0.2, -0.15) is 4.98 Å². The molecule has 3 atom stereocenters. The molecule has 0 bridgehead atoms. The Morgan fingerprint density at radius 1 is 1.23 bits per heavy atom. The smallest absolute Gasteiger partial charge is 0.234 e. The summed E-state index contributed by atoms with van der Waals surface area (Å²) in [6.07, 6.45) is 0.520. The number of nitrogen functional groups attached to an aromatic ring is 1. The highest BCUT2D eigenvalue weighted by molar-refractivity contribution is 6.32. The van der Waals surface area contributed by atoms with Crippen molar-refractivity contribution < 1.29 is 14.6 Å². The summed E-state index contributed by atoms with van der Waals surface area (Å²) in [5.41, 5.74) is 7.48. The topological polar surface area (TPSA) is 130 Å². The van der Waals surface area contributed by atoms with Crippen LogP contribution in [-0.4, -0.2) is 43.9 Å². The molecule has 0 radical (unpaired) electrons. The molecule has 8 nitrogen and oxygen atoms in total. The van der Waals surface area contributed by atoms with Gasteiger partial charge in [0, 0.05) is 18.6 Å². The Kier molecular flexibility index (Phi) is 4.39. The van der Waals surface area contributed by atoms with Crippen molar-refractivity contribution in [2.75, 3.05) is 17.7 Å². The molecule has 0 saturated heterocycles. The fourth-order valence-electron chi connectivity index (χ4n) is 3.33. The summed E-state index contributed by atoms with van der Waals surface area (Å²) >= 11 is 6.31. The van der Waals surface area contributed by atoms with E-state index in [1.807, 2.05) is 24.3 Å². The average Bonchev–Trinajstić information content (AvgIpc) is 3.17. The van der Waals surface area contributed by atoms with E-state index in [1.54, 1.807) is 0 Å². The lowest BCUT2D eigenvalue weighted by Gasteiger charge is -2.16. The molecule has 3 aromatic rings. The maximum Gasteiger partial charge on any atom is 0.234 e. The van der Waals surface area contributed by atoms with Crippen LogP contribution in [0.4, 0.5) is 11.8 Å². The number of nitrogens with one attached hydrogen (secondary N) is 1. The number of hydrogen-bond acceptors (Lipinski definition) is 8. The number of nitrogens with two attached hydrogens (primary N) is 1. The summed E-state index contributed by atoms with van der Waals surface area (Å²) in [6.45, 7) is -0.0655. The van der Waals surface area contributed by atoms with Gasteiger partial charge in [0.15, 0.2) is 5.58 Å². The minimum atomic E-state index is -0.570. The summed E-state index contributed by atoms with van der Waals surface area (Å²) in [4.78, 5) is 12.7. The fraction of sp³-hybridized carbons (Fsp3) is 0.353. The maximum atomic E-state index is 10.0. The predicted molar refractivity (Wildman–Crippen MR) is 97.7 cm³/mol. The second-order valence-corrected chi connectivity index (χ2v) is 6.76. The van der Waals surface area contributed by atoms with Crippen molar-refractivity contribution in [2.45, 2.75) is 25.0 Å². The van der Waals surface area contributed by atoms with Crippen LogP contribution in [0.5, 0.6) is 0 Å². The quantitative estimate of drug-likeness (QED) is 0.510. The Morgan fingerprint density at radius 2 is 2.04 bits per heavy atom. The number of oxazole rings is 1. The minimum absolute atomic E-state index is 0.0228. The van der Waals surface area contributed by atoms with Gasteiger partial charge in [0.1, 0.15) is 22.1 Å². The molecule has 4 rings (SSSR count). The first-order chi connectivity index (χ1) is 12.5. The van der Waals surface area contributed by atoms with E-state index in [1.165, 1.54) is 0 Å². The molecule has 0 aliphatic heterocycles. The van der Waals surface area contributed by atoms with Gasteiger partial charge >= 0.3 is 0 Å². The van der Waals surface area contributed by atoms with E-state index in [2.05, 4.69) is 20.3 Å². The zero-order valence-electron chi connectivity index (χ0n) is 13.8. The van der Waals surface area contributed by atoms with Gasteiger partial charge < -0.3 is 25.7 Å². The van der Waals surface area contributed by atoms with E-state index in [-0.39, 0.29) is 35.6 Å². The van der Waals surface area contributed by atoms with E-state index in [0.717, 1.165) is 0 Å². The third-order valence-electron chi connectivity index (χ3n) is 4.62. The molecule has 1 saturated carbocycles. The molecule has 1 aliphatic rings. The molecule has 2 heterocycles. The van der Waals surface area contributed by atoms with Gasteiger partial charge in [-0.05, 0) is 25.0 Å². The van der Waals surface area contributed by atoms with E-state index in [4.69, 9.17) is 21.8 Å². The van der Waals surface area contributed by atoms with Crippen LogP contribution in [0, 0.1) is 5.92 Å². The molecule has 1 aromatic carbocycles.